The van der Waals surface area contributed by atoms with Crippen LogP contribution in [0, 0.1) is 5.92 Å². The van der Waals surface area contributed by atoms with Crippen LogP contribution in [0.15, 0.2) is 0 Å². The molecule has 0 aromatic rings. The zero-order chi connectivity index (χ0) is 9.40. The fourth-order valence-corrected chi connectivity index (χ4v) is 1.25. The van der Waals surface area contributed by atoms with Crippen LogP contribution < -0.4 is 5.32 Å². The molecular weight excluding hydrogens is 150 g/mol. The number of hydrogen-bond donors (Lipinski definition) is 1. The van der Waals surface area contributed by atoms with Crippen LogP contribution in [-0.2, 0) is 4.74 Å². The molecule has 0 aliphatic heterocycles. The van der Waals surface area contributed by atoms with Gasteiger partial charge in [-0.3, -0.25) is 0 Å². The number of likely N-dealkylation sites (N-methyl/N-ethyl adjacent to an activating group) is 1. The summed E-state index contributed by atoms with van der Waals surface area (Å²) in [7, 11) is 1.97. The Bertz CT molecular complexity index is 93.8. The molecule has 0 fully saturated rings. The Labute approximate surface area is 76.7 Å². The topological polar surface area (TPSA) is 21.3 Å². The van der Waals surface area contributed by atoms with E-state index in [1.807, 2.05) is 7.05 Å². The molecule has 0 aromatic carbocycles. The van der Waals surface area contributed by atoms with E-state index in [0.717, 1.165) is 31.9 Å². The predicted octanol–water partition coefficient (Wildman–Crippen LogP) is 2.05. The maximum absolute atomic E-state index is 5.68. The number of hydrogen-bond acceptors (Lipinski definition) is 2. The highest BCUT2D eigenvalue weighted by molar-refractivity contribution is 4.62. The van der Waals surface area contributed by atoms with Crippen LogP contribution in [0.5, 0.6) is 0 Å². The van der Waals surface area contributed by atoms with Gasteiger partial charge in [0.05, 0.1) is 6.10 Å². The molecule has 0 radical (unpaired) electrons. The first-order valence-corrected chi connectivity index (χ1v) is 4.96. The third-order valence-corrected chi connectivity index (χ3v) is 1.72. The lowest BCUT2D eigenvalue weighted by Crippen LogP contribution is -2.28. The van der Waals surface area contributed by atoms with Crippen molar-refractivity contribution < 1.29 is 4.74 Å². The molecule has 1 unspecified atom stereocenters. The molecule has 0 aliphatic carbocycles. The fraction of sp³-hybridized carbons (Fsp3) is 1.00. The van der Waals surface area contributed by atoms with Gasteiger partial charge in [-0.2, -0.15) is 0 Å². The molecule has 0 saturated carbocycles. The van der Waals surface area contributed by atoms with E-state index in [1.165, 1.54) is 0 Å². The first-order chi connectivity index (χ1) is 5.70. The van der Waals surface area contributed by atoms with Crippen molar-refractivity contribution in [1.82, 2.24) is 5.32 Å². The highest BCUT2D eigenvalue weighted by Gasteiger charge is 2.09. The van der Waals surface area contributed by atoms with Crippen molar-refractivity contribution in [2.45, 2.75) is 39.7 Å². The van der Waals surface area contributed by atoms with Gasteiger partial charge in [0.25, 0.3) is 0 Å². The normalized spacial score (nSPS) is 13.8. The summed E-state index contributed by atoms with van der Waals surface area (Å²) in [5, 5.41) is 3.16. The Kier molecular flexibility index (Phi) is 7.51. The van der Waals surface area contributed by atoms with Crippen LogP contribution in [0.2, 0.25) is 0 Å². The van der Waals surface area contributed by atoms with E-state index in [9.17, 15) is 0 Å². The molecule has 1 N–H and O–H groups in total. The lowest BCUT2D eigenvalue weighted by molar-refractivity contribution is 0.0411. The molecule has 0 saturated heterocycles. The van der Waals surface area contributed by atoms with Crippen LogP contribution in [-0.4, -0.2) is 26.3 Å². The lowest BCUT2D eigenvalue weighted by Gasteiger charge is -2.18. The first-order valence-electron chi connectivity index (χ1n) is 4.96. The molecule has 0 aliphatic rings. The molecule has 2 nitrogen and oxygen atoms in total. The van der Waals surface area contributed by atoms with Gasteiger partial charge >= 0.3 is 0 Å². The molecular formula is C10H23NO. The second-order valence-corrected chi connectivity index (χ2v) is 3.68. The van der Waals surface area contributed by atoms with Crippen LogP contribution in [0.4, 0.5) is 0 Å². The summed E-state index contributed by atoms with van der Waals surface area (Å²) >= 11 is 0. The summed E-state index contributed by atoms with van der Waals surface area (Å²) in [5.74, 6) is 0.722. The first kappa shape index (κ1) is 11.9. The van der Waals surface area contributed by atoms with Crippen molar-refractivity contribution in [3.63, 3.8) is 0 Å². The third kappa shape index (κ3) is 6.62. The maximum Gasteiger partial charge on any atom is 0.0701 e. The van der Waals surface area contributed by atoms with Gasteiger partial charge < -0.3 is 10.1 Å². The molecule has 12 heavy (non-hydrogen) atoms. The van der Waals surface area contributed by atoms with E-state index in [0.29, 0.717) is 6.10 Å². The van der Waals surface area contributed by atoms with Crippen molar-refractivity contribution in [2.24, 2.45) is 5.92 Å². The smallest absolute Gasteiger partial charge is 0.0701 e. The highest BCUT2D eigenvalue weighted by Crippen LogP contribution is 2.07. The molecule has 0 spiro atoms. The van der Waals surface area contributed by atoms with Crippen molar-refractivity contribution in [3.8, 4) is 0 Å². The largest absolute Gasteiger partial charge is 0.377 e. The molecule has 1 atom stereocenters. The number of ether oxygens (including phenoxy) is 1. The van der Waals surface area contributed by atoms with Crippen LogP contribution in [0.25, 0.3) is 0 Å². The second-order valence-electron chi connectivity index (χ2n) is 3.68. The lowest BCUT2D eigenvalue weighted by atomic mass is 10.1. The van der Waals surface area contributed by atoms with Crippen molar-refractivity contribution in [3.05, 3.63) is 0 Å². The third-order valence-electron chi connectivity index (χ3n) is 1.72. The van der Waals surface area contributed by atoms with Crippen LogP contribution in [0.3, 0.4) is 0 Å². The van der Waals surface area contributed by atoms with E-state index in [2.05, 4.69) is 26.1 Å². The van der Waals surface area contributed by atoms with Gasteiger partial charge in [-0.25, -0.2) is 0 Å². The SMILES string of the molecule is CCCOC(CNC)CC(C)C. The van der Waals surface area contributed by atoms with E-state index in [1.54, 1.807) is 0 Å². The maximum atomic E-state index is 5.68. The van der Waals surface area contributed by atoms with E-state index in [4.69, 9.17) is 4.74 Å². The zero-order valence-corrected chi connectivity index (χ0v) is 8.89. The number of rotatable bonds is 7. The zero-order valence-electron chi connectivity index (χ0n) is 8.89. The Morgan fingerprint density at radius 3 is 2.42 bits per heavy atom. The van der Waals surface area contributed by atoms with E-state index in [-0.39, 0.29) is 0 Å². The second kappa shape index (κ2) is 7.56. The molecule has 0 aromatic heterocycles. The van der Waals surface area contributed by atoms with Crippen LogP contribution in [0.1, 0.15) is 33.6 Å². The predicted molar refractivity (Wildman–Crippen MR) is 53.4 cm³/mol. The van der Waals surface area contributed by atoms with Crippen molar-refractivity contribution in [1.29, 1.82) is 0 Å². The minimum atomic E-state index is 0.398. The average molecular weight is 173 g/mol. The molecule has 0 amide bonds. The Hall–Kier alpha value is -0.0800. The summed E-state index contributed by atoms with van der Waals surface area (Å²) in [6, 6.07) is 0. The summed E-state index contributed by atoms with van der Waals surface area (Å²) in [5.41, 5.74) is 0. The molecule has 74 valence electrons. The molecule has 0 bridgehead atoms. The van der Waals surface area contributed by atoms with Gasteiger partial charge in [0.2, 0.25) is 0 Å². The van der Waals surface area contributed by atoms with Crippen LogP contribution >= 0.6 is 0 Å². The molecule has 0 heterocycles. The highest BCUT2D eigenvalue weighted by atomic mass is 16.5. The average Bonchev–Trinajstić information content (AvgIpc) is 2.00. The minimum absolute atomic E-state index is 0.398. The van der Waals surface area contributed by atoms with Crippen molar-refractivity contribution in [2.75, 3.05) is 20.2 Å². The van der Waals surface area contributed by atoms with E-state index >= 15 is 0 Å². The van der Waals surface area contributed by atoms with E-state index < -0.39 is 0 Å². The Morgan fingerprint density at radius 2 is 2.00 bits per heavy atom. The summed E-state index contributed by atoms with van der Waals surface area (Å²) in [6.45, 7) is 8.47. The fourth-order valence-electron chi connectivity index (χ4n) is 1.25. The number of nitrogens with one attached hydrogen (secondary N) is 1. The van der Waals surface area contributed by atoms with Gasteiger partial charge in [0, 0.05) is 13.2 Å². The minimum Gasteiger partial charge on any atom is -0.377 e. The standard InChI is InChI=1S/C10H23NO/c1-5-6-12-10(8-11-4)7-9(2)3/h9-11H,5-8H2,1-4H3. The van der Waals surface area contributed by atoms with Gasteiger partial charge in [-0.05, 0) is 25.8 Å². The van der Waals surface area contributed by atoms with Gasteiger partial charge in [-0.1, -0.05) is 20.8 Å². The quantitative estimate of drug-likeness (QED) is 0.636. The monoisotopic (exact) mass is 173 g/mol. The van der Waals surface area contributed by atoms with Gasteiger partial charge in [0.15, 0.2) is 0 Å². The Morgan fingerprint density at radius 1 is 1.33 bits per heavy atom. The summed E-state index contributed by atoms with van der Waals surface area (Å²) in [6.07, 6.45) is 2.66. The van der Waals surface area contributed by atoms with Gasteiger partial charge in [0.1, 0.15) is 0 Å². The summed E-state index contributed by atoms with van der Waals surface area (Å²) in [4.78, 5) is 0. The van der Waals surface area contributed by atoms with Crippen molar-refractivity contribution >= 4 is 0 Å². The van der Waals surface area contributed by atoms with Gasteiger partial charge in [-0.15, -0.1) is 0 Å². The molecule has 0 rings (SSSR count). The Balaban J connectivity index is 3.54. The molecule has 2 heteroatoms. The summed E-state index contributed by atoms with van der Waals surface area (Å²) < 4.78 is 5.68.